The first-order valence-corrected chi connectivity index (χ1v) is 12.9. The van der Waals surface area contributed by atoms with Crippen LogP contribution in [0.3, 0.4) is 0 Å². The van der Waals surface area contributed by atoms with Gasteiger partial charge in [0.05, 0.1) is 23.0 Å². The highest BCUT2D eigenvalue weighted by Gasteiger charge is 2.36. The number of amides is 1. The van der Waals surface area contributed by atoms with Crippen molar-refractivity contribution >= 4 is 17.2 Å². The number of nitrogens with one attached hydrogen (secondary N) is 1. The molecule has 0 unspecified atom stereocenters. The third-order valence-electron chi connectivity index (χ3n) is 7.03. The molecule has 0 bridgehead atoms. The molecule has 0 spiro atoms. The number of benzene rings is 2. The third-order valence-corrected chi connectivity index (χ3v) is 7.03. The number of anilines is 1. The summed E-state index contributed by atoms with van der Waals surface area (Å²) in [6.07, 6.45) is 8.47. The van der Waals surface area contributed by atoms with E-state index in [4.69, 9.17) is 9.47 Å². The summed E-state index contributed by atoms with van der Waals surface area (Å²) in [5.41, 5.74) is 2.03. The van der Waals surface area contributed by atoms with Crippen molar-refractivity contribution in [1.82, 2.24) is 24.4 Å². The molecule has 5 aromatic rings. The number of carbonyl (C=O) groups excluding carboxylic acids is 1. The lowest BCUT2D eigenvalue weighted by Gasteiger charge is -2.37. The van der Waals surface area contributed by atoms with Gasteiger partial charge in [-0.2, -0.15) is 19.0 Å². The molecule has 3 aromatic heterocycles. The minimum Gasteiger partial charge on any atom is -0.457 e. The number of hydrogen-bond donors (Lipinski definition) is 2. The van der Waals surface area contributed by atoms with Gasteiger partial charge in [-0.15, -0.1) is 0 Å². The number of aliphatic hydroxyl groups is 1. The molecule has 12 heteroatoms. The summed E-state index contributed by atoms with van der Waals surface area (Å²) in [6, 6.07) is 11.6. The van der Waals surface area contributed by atoms with E-state index in [1.807, 2.05) is 19.1 Å². The highest BCUT2D eigenvalue weighted by atomic mass is 19.3. The second-order valence-corrected chi connectivity index (χ2v) is 10.0. The fourth-order valence-corrected chi connectivity index (χ4v) is 4.92. The first-order chi connectivity index (χ1) is 19.7. The van der Waals surface area contributed by atoms with E-state index in [1.165, 1.54) is 33.6 Å². The number of ether oxygens (including phenoxy) is 2. The van der Waals surface area contributed by atoms with Gasteiger partial charge in [0, 0.05) is 25.6 Å². The van der Waals surface area contributed by atoms with Gasteiger partial charge in [0.25, 0.3) is 5.91 Å². The maximum absolute atomic E-state index is 13.4. The first-order valence-electron chi connectivity index (χ1n) is 12.9. The number of nitrogens with zero attached hydrogens (tertiary/aromatic N) is 5. The number of halogens is 2. The Morgan fingerprint density at radius 3 is 2.76 bits per heavy atom. The fourth-order valence-electron chi connectivity index (χ4n) is 4.92. The number of aromatic nitrogens is 5. The fraction of sp³-hybridized carbons (Fsp3) is 0.241. The highest BCUT2D eigenvalue weighted by Crippen LogP contribution is 2.43. The van der Waals surface area contributed by atoms with Gasteiger partial charge in [0.15, 0.2) is 5.65 Å². The van der Waals surface area contributed by atoms with Crippen LogP contribution in [0.15, 0.2) is 67.3 Å². The van der Waals surface area contributed by atoms with E-state index in [1.54, 1.807) is 37.8 Å². The summed E-state index contributed by atoms with van der Waals surface area (Å²) in [4.78, 5) is 17.4. The average molecular weight is 561 g/mol. The van der Waals surface area contributed by atoms with Crippen molar-refractivity contribution in [3.63, 3.8) is 0 Å². The molecule has 0 radical (unpaired) electrons. The smallest absolute Gasteiger partial charge is 0.387 e. The number of fused-ring (bicyclic) bond motifs is 1. The van der Waals surface area contributed by atoms with Gasteiger partial charge in [-0.3, -0.25) is 9.48 Å². The molecule has 6 rings (SSSR count). The molecule has 1 amide bonds. The lowest BCUT2D eigenvalue weighted by Crippen LogP contribution is -2.33. The molecule has 210 valence electrons. The van der Waals surface area contributed by atoms with Crippen LogP contribution in [0, 0.1) is 6.92 Å². The number of rotatable bonds is 8. The molecule has 10 nitrogen and oxygen atoms in total. The number of carbonyl (C=O) groups is 1. The van der Waals surface area contributed by atoms with E-state index in [-0.39, 0.29) is 28.3 Å². The average Bonchev–Trinajstić information content (AvgIpc) is 3.50. The van der Waals surface area contributed by atoms with Crippen LogP contribution in [0.25, 0.3) is 16.9 Å². The molecular weight excluding hydrogens is 534 g/mol. The molecule has 1 fully saturated rings. The van der Waals surface area contributed by atoms with Crippen LogP contribution >= 0.6 is 0 Å². The molecule has 1 aliphatic carbocycles. The van der Waals surface area contributed by atoms with E-state index >= 15 is 0 Å². The minimum absolute atomic E-state index is 0.145. The van der Waals surface area contributed by atoms with Gasteiger partial charge in [-0.05, 0) is 73.7 Å². The molecule has 1 aliphatic rings. The van der Waals surface area contributed by atoms with Crippen molar-refractivity contribution in [3.8, 4) is 28.5 Å². The highest BCUT2D eigenvalue weighted by molar-refractivity contribution is 6.09. The second kappa shape index (κ2) is 10.3. The van der Waals surface area contributed by atoms with Crippen molar-refractivity contribution in [2.24, 2.45) is 7.05 Å². The van der Waals surface area contributed by atoms with Crippen LogP contribution in [0.2, 0.25) is 0 Å². The Hall–Kier alpha value is -4.84. The van der Waals surface area contributed by atoms with Gasteiger partial charge in [-0.25, -0.2) is 9.50 Å². The predicted molar refractivity (Wildman–Crippen MR) is 145 cm³/mol. The molecule has 2 aromatic carbocycles. The summed E-state index contributed by atoms with van der Waals surface area (Å²) in [5.74, 6) is 0.170. The second-order valence-electron chi connectivity index (χ2n) is 10.0. The van der Waals surface area contributed by atoms with E-state index in [9.17, 15) is 18.7 Å². The van der Waals surface area contributed by atoms with Crippen molar-refractivity contribution in [3.05, 3.63) is 83.9 Å². The zero-order valence-corrected chi connectivity index (χ0v) is 22.2. The third kappa shape index (κ3) is 5.21. The summed E-state index contributed by atoms with van der Waals surface area (Å²) in [7, 11) is 1.64. The molecular formula is C29H26F2N6O4. The van der Waals surface area contributed by atoms with Crippen LogP contribution < -0.4 is 14.8 Å². The van der Waals surface area contributed by atoms with Gasteiger partial charge in [0.2, 0.25) is 0 Å². The Morgan fingerprint density at radius 1 is 1.17 bits per heavy atom. The Morgan fingerprint density at radius 2 is 2.00 bits per heavy atom. The van der Waals surface area contributed by atoms with Crippen LogP contribution in [0.5, 0.6) is 17.2 Å². The predicted octanol–water partition coefficient (Wildman–Crippen LogP) is 5.46. The lowest BCUT2D eigenvalue weighted by molar-refractivity contribution is -0.0495. The Labute approximate surface area is 233 Å². The van der Waals surface area contributed by atoms with Crippen molar-refractivity contribution in [2.45, 2.75) is 38.4 Å². The molecule has 0 saturated heterocycles. The van der Waals surface area contributed by atoms with Crippen LogP contribution in [-0.4, -0.2) is 42.0 Å². The lowest BCUT2D eigenvalue weighted by atomic mass is 9.75. The Bertz CT molecular complexity index is 1760. The van der Waals surface area contributed by atoms with Crippen LogP contribution in [-0.2, 0) is 12.6 Å². The monoisotopic (exact) mass is 560 g/mol. The summed E-state index contributed by atoms with van der Waals surface area (Å²) < 4.78 is 40.6. The minimum atomic E-state index is -3.09. The summed E-state index contributed by atoms with van der Waals surface area (Å²) >= 11 is 0. The van der Waals surface area contributed by atoms with Crippen molar-refractivity contribution in [1.29, 1.82) is 0 Å². The first kappa shape index (κ1) is 26.4. The maximum atomic E-state index is 13.4. The standard InChI is InChI=1S/C29H26F2N6O4/c1-17-11-18(29(39)7-3-8-29)13-20(12-17)40-19-5-6-24(41-28(30)31)21(14-19)25-23(16-36(2)35-25)34-27(38)22-15-33-37-10-4-9-32-26(22)37/h4-6,9-16,28,39H,3,7-8H2,1-2H3,(H,34,38). The van der Waals surface area contributed by atoms with Crippen molar-refractivity contribution < 1.29 is 28.2 Å². The van der Waals surface area contributed by atoms with Crippen LogP contribution in [0.1, 0.15) is 40.7 Å². The summed E-state index contributed by atoms with van der Waals surface area (Å²) in [6.45, 7) is -1.18. The van der Waals surface area contributed by atoms with E-state index in [2.05, 4.69) is 20.5 Å². The molecule has 1 saturated carbocycles. The SMILES string of the molecule is Cc1cc(Oc2ccc(OC(F)F)c(-c3nn(C)cc3NC(=O)c3cnn4cccnc34)c2)cc(C2(O)CCC2)c1. The maximum Gasteiger partial charge on any atom is 0.387 e. The zero-order chi connectivity index (χ0) is 28.7. The van der Waals surface area contributed by atoms with Gasteiger partial charge < -0.3 is 19.9 Å². The Balaban J connectivity index is 1.35. The molecule has 41 heavy (non-hydrogen) atoms. The topological polar surface area (TPSA) is 116 Å². The van der Waals surface area contributed by atoms with E-state index < -0.39 is 18.1 Å². The number of hydrogen-bond acceptors (Lipinski definition) is 7. The van der Waals surface area contributed by atoms with Crippen LogP contribution in [0.4, 0.5) is 14.5 Å². The van der Waals surface area contributed by atoms with Gasteiger partial charge in [-0.1, -0.05) is 6.07 Å². The van der Waals surface area contributed by atoms with E-state index in [0.29, 0.717) is 30.0 Å². The zero-order valence-electron chi connectivity index (χ0n) is 22.2. The summed E-state index contributed by atoms with van der Waals surface area (Å²) in [5, 5.41) is 22.2. The molecule has 0 atom stereocenters. The molecule has 2 N–H and O–H groups in total. The largest absolute Gasteiger partial charge is 0.457 e. The van der Waals surface area contributed by atoms with Gasteiger partial charge >= 0.3 is 6.61 Å². The van der Waals surface area contributed by atoms with E-state index in [0.717, 1.165) is 17.5 Å². The van der Waals surface area contributed by atoms with Crippen molar-refractivity contribution in [2.75, 3.05) is 5.32 Å². The normalized spacial score (nSPS) is 14.2. The van der Waals surface area contributed by atoms with Gasteiger partial charge in [0.1, 0.15) is 28.5 Å². The molecule has 3 heterocycles. The quantitative estimate of drug-likeness (QED) is 0.259. The molecule has 0 aliphatic heterocycles. The number of alkyl halides is 2. The Kier molecular flexibility index (Phi) is 6.62. The number of aryl methyl sites for hydroxylation is 2.